The lowest BCUT2D eigenvalue weighted by molar-refractivity contribution is -0.136. The van der Waals surface area contributed by atoms with Gasteiger partial charge in [0.25, 0.3) is 5.91 Å². The molecule has 0 unspecified atom stereocenters. The molecule has 0 aliphatic carbocycles. The van der Waals surface area contributed by atoms with Crippen molar-refractivity contribution in [1.29, 1.82) is 0 Å². The number of esters is 1. The number of nitrogens with zero attached hydrogens (tertiary/aromatic N) is 1. The molecular weight excluding hydrogens is 460 g/mol. The molecule has 0 radical (unpaired) electrons. The second-order valence-electron chi connectivity index (χ2n) is 8.00. The molecule has 2 aliphatic rings. The first kappa shape index (κ1) is 23.9. The van der Waals surface area contributed by atoms with Crippen LogP contribution >= 0.6 is 0 Å². The van der Waals surface area contributed by atoms with Crippen LogP contribution in [0.2, 0.25) is 0 Å². The molecule has 1 aromatic carbocycles. The number of sulfonamides is 1. The Hall–Kier alpha value is -3.21. The maximum absolute atomic E-state index is 13.2. The van der Waals surface area contributed by atoms with Gasteiger partial charge in [0.1, 0.15) is 11.5 Å². The minimum Gasteiger partial charge on any atom is -0.465 e. The van der Waals surface area contributed by atoms with Crippen molar-refractivity contribution < 1.29 is 31.9 Å². The molecule has 1 N–H and O–H groups in total. The minimum absolute atomic E-state index is 0.0712. The third kappa shape index (κ3) is 4.98. The Morgan fingerprint density at radius 2 is 2.00 bits per heavy atom. The summed E-state index contributed by atoms with van der Waals surface area (Å²) in [6.07, 6.45) is 3.18. The van der Waals surface area contributed by atoms with Crippen LogP contribution in [0.1, 0.15) is 31.3 Å². The van der Waals surface area contributed by atoms with Crippen LogP contribution in [0.4, 0.5) is 0 Å². The molecule has 0 saturated carbocycles. The predicted octanol–water partition coefficient (Wildman–Crippen LogP) is 2.61. The Morgan fingerprint density at radius 1 is 1.24 bits per heavy atom. The van der Waals surface area contributed by atoms with Crippen LogP contribution in [0.3, 0.4) is 0 Å². The predicted molar refractivity (Wildman–Crippen MR) is 123 cm³/mol. The summed E-state index contributed by atoms with van der Waals surface area (Å²) in [6.45, 7) is 2.64. The fraction of sp³-hybridized carbons (Fsp3) is 0.333. The number of methoxy groups -OCH3 is 1. The zero-order valence-corrected chi connectivity index (χ0v) is 19.8. The first-order valence-corrected chi connectivity index (χ1v) is 12.4. The third-order valence-corrected chi connectivity index (χ3v) is 7.19. The molecule has 180 valence electrons. The van der Waals surface area contributed by atoms with Crippen LogP contribution < -0.4 is 4.72 Å². The van der Waals surface area contributed by atoms with E-state index >= 15 is 0 Å². The number of hydrogen-bond donors (Lipinski definition) is 1. The van der Waals surface area contributed by atoms with Crippen molar-refractivity contribution in [3.8, 4) is 0 Å². The number of rotatable bonds is 8. The Morgan fingerprint density at radius 3 is 2.68 bits per heavy atom. The number of furan rings is 1. The molecule has 1 fully saturated rings. The van der Waals surface area contributed by atoms with E-state index < -0.39 is 16.0 Å². The summed E-state index contributed by atoms with van der Waals surface area (Å²) in [5.41, 5.74) is 0.836. The SMILES string of the molecule is COC(=O)C1=C(C)N(C[C@@H]2CCCO2)C(=O)/C1=C/c1ccc(CNS(=O)(=O)c2ccccc2)o1. The highest BCUT2D eigenvalue weighted by atomic mass is 32.2. The van der Waals surface area contributed by atoms with Gasteiger partial charge in [0.15, 0.2) is 0 Å². The quantitative estimate of drug-likeness (QED) is 0.450. The van der Waals surface area contributed by atoms with E-state index in [9.17, 15) is 18.0 Å². The molecule has 1 saturated heterocycles. The summed E-state index contributed by atoms with van der Waals surface area (Å²) >= 11 is 0. The summed E-state index contributed by atoms with van der Waals surface area (Å²) in [6, 6.07) is 11.2. The van der Waals surface area contributed by atoms with E-state index in [2.05, 4.69) is 4.72 Å². The normalized spacial score (nSPS) is 19.9. The van der Waals surface area contributed by atoms with Crippen molar-refractivity contribution >= 4 is 28.0 Å². The van der Waals surface area contributed by atoms with Gasteiger partial charge >= 0.3 is 5.97 Å². The van der Waals surface area contributed by atoms with Crippen LogP contribution in [0.25, 0.3) is 6.08 Å². The summed E-state index contributed by atoms with van der Waals surface area (Å²) in [7, 11) is -2.44. The number of carbonyl (C=O) groups excluding carboxylic acids is 2. The summed E-state index contributed by atoms with van der Waals surface area (Å²) < 4.78 is 43.6. The third-order valence-electron chi connectivity index (χ3n) is 5.77. The van der Waals surface area contributed by atoms with Gasteiger partial charge in [-0.2, -0.15) is 0 Å². The van der Waals surface area contributed by atoms with Crippen LogP contribution in [-0.2, 0) is 35.6 Å². The molecule has 34 heavy (non-hydrogen) atoms. The van der Waals surface area contributed by atoms with Crippen molar-refractivity contribution in [1.82, 2.24) is 9.62 Å². The number of nitrogens with one attached hydrogen (secondary N) is 1. The van der Waals surface area contributed by atoms with Crippen molar-refractivity contribution in [2.45, 2.75) is 37.3 Å². The first-order chi connectivity index (χ1) is 16.3. The van der Waals surface area contributed by atoms with E-state index in [4.69, 9.17) is 13.9 Å². The molecule has 1 aromatic heterocycles. The fourth-order valence-electron chi connectivity index (χ4n) is 4.00. The summed E-state index contributed by atoms with van der Waals surface area (Å²) in [4.78, 5) is 27.3. The summed E-state index contributed by atoms with van der Waals surface area (Å²) in [5.74, 6) is -0.288. The Kier molecular flexibility index (Phi) is 7.01. The molecule has 4 rings (SSSR count). The first-order valence-electron chi connectivity index (χ1n) is 10.9. The van der Waals surface area contributed by atoms with Gasteiger partial charge in [0.05, 0.1) is 42.3 Å². The van der Waals surface area contributed by atoms with Gasteiger partial charge in [0, 0.05) is 12.3 Å². The molecule has 2 aromatic rings. The number of carbonyl (C=O) groups is 2. The van der Waals surface area contributed by atoms with Crippen molar-refractivity contribution in [3.05, 3.63) is 70.8 Å². The molecule has 0 bridgehead atoms. The fourth-order valence-corrected chi connectivity index (χ4v) is 5.01. The van der Waals surface area contributed by atoms with Gasteiger partial charge in [0.2, 0.25) is 10.0 Å². The molecule has 0 spiro atoms. The Labute approximate surface area is 198 Å². The molecular formula is C24H26N2O7S. The molecule has 1 atom stereocenters. The van der Waals surface area contributed by atoms with Crippen molar-refractivity contribution in [2.75, 3.05) is 20.3 Å². The van der Waals surface area contributed by atoms with Gasteiger partial charge < -0.3 is 18.8 Å². The van der Waals surface area contributed by atoms with Crippen molar-refractivity contribution in [3.63, 3.8) is 0 Å². The van der Waals surface area contributed by atoms with Gasteiger partial charge in [-0.3, -0.25) is 4.79 Å². The maximum atomic E-state index is 13.2. The number of allylic oxidation sites excluding steroid dienone is 1. The molecule has 9 nitrogen and oxygen atoms in total. The topological polar surface area (TPSA) is 115 Å². The van der Waals surface area contributed by atoms with Crippen molar-refractivity contribution in [2.24, 2.45) is 0 Å². The molecule has 2 aliphatic heterocycles. The average Bonchev–Trinajstić information content (AvgIpc) is 3.56. The minimum atomic E-state index is -3.70. The molecule has 3 heterocycles. The largest absolute Gasteiger partial charge is 0.465 e. The van der Waals surface area contributed by atoms with E-state index in [-0.39, 0.29) is 34.6 Å². The zero-order chi connectivity index (χ0) is 24.3. The number of benzene rings is 1. The van der Waals surface area contributed by atoms with E-state index in [0.717, 1.165) is 12.8 Å². The van der Waals surface area contributed by atoms with E-state index in [1.807, 2.05) is 0 Å². The molecule has 1 amide bonds. The van der Waals surface area contributed by atoms with Crippen LogP contribution in [-0.4, -0.2) is 51.6 Å². The highest BCUT2D eigenvalue weighted by molar-refractivity contribution is 7.89. The number of hydrogen-bond acceptors (Lipinski definition) is 7. The zero-order valence-electron chi connectivity index (χ0n) is 18.9. The standard InChI is InChI=1S/C24H26N2O7S/c1-16-22(24(28)31-2)21(23(27)26(16)15-19-7-6-12-32-19)13-17-10-11-18(33-17)14-25-34(29,30)20-8-4-3-5-9-20/h3-5,8-11,13,19,25H,6-7,12,14-15H2,1-2H3/b21-13+/t19-/m0/s1. The summed E-state index contributed by atoms with van der Waals surface area (Å²) in [5, 5.41) is 0. The van der Waals surface area contributed by atoms with E-state index in [1.54, 1.807) is 37.3 Å². The smallest absolute Gasteiger partial charge is 0.340 e. The van der Waals surface area contributed by atoms with Crippen LogP contribution in [0.5, 0.6) is 0 Å². The second-order valence-corrected chi connectivity index (χ2v) is 9.77. The van der Waals surface area contributed by atoms with Gasteiger partial charge in [-0.25, -0.2) is 17.9 Å². The number of amides is 1. The molecule has 10 heteroatoms. The van der Waals surface area contributed by atoms with Gasteiger partial charge in [-0.05, 0) is 50.1 Å². The lowest BCUT2D eigenvalue weighted by Gasteiger charge is -2.21. The average molecular weight is 487 g/mol. The van der Waals surface area contributed by atoms with Crippen LogP contribution in [0, 0.1) is 0 Å². The Balaban J connectivity index is 1.53. The van der Waals surface area contributed by atoms with E-state index in [0.29, 0.717) is 30.4 Å². The highest BCUT2D eigenvalue weighted by Crippen LogP contribution is 2.33. The monoisotopic (exact) mass is 486 g/mol. The highest BCUT2D eigenvalue weighted by Gasteiger charge is 2.38. The van der Waals surface area contributed by atoms with Crippen LogP contribution in [0.15, 0.2) is 68.6 Å². The lowest BCUT2D eigenvalue weighted by Crippen LogP contribution is -2.33. The van der Waals surface area contributed by atoms with Gasteiger partial charge in [-0.15, -0.1) is 0 Å². The number of ether oxygens (including phenoxy) is 2. The van der Waals surface area contributed by atoms with E-state index in [1.165, 1.54) is 30.2 Å². The second kappa shape index (κ2) is 9.96. The Bertz CT molecular complexity index is 1240. The van der Waals surface area contributed by atoms with Gasteiger partial charge in [-0.1, -0.05) is 18.2 Å². The maximum Gasteiger partial charge on any atom is 0.340 e. The lowest BCUT2D eigenvalue weighted by atomic mass is 10.1.